The van der Waals surface area contributed by atoms with Crippen LogP contribution in [-0.4, -0.2) is 40.1 Å². The molecule has 2 saturated carbocycles. The number of fused-ring (bicyclic) bond motifs is 2. The molecule has 6 rings (SSSR count). The van der Waals surface area contributed by atoms with Crippen LogP contribution < -0.4 is 0 Å². The van der Waals surface area contributed by atoms with Crippen LogP contribution in [0.25, 0.3) is 0 Å². The van der Waals surface area contributed by atoms with Gasteiger partial charge < -0.3 is 9.84 Å². The fourth-order valence-electron chi connectivity index (χ4n) is 10.2. The molecule has 3 fully saturated rings. The largest absolute Gasteiger partial charge is 0.461 e. The second kappa shape index (κ2) is 8.01. The third-order valence-corrected chi connectivity index (χ3v) is 11.6. The van der Waals surface area contributed by atoms with Gasteiger partial charge in [-0.2, -0.15) is 4.89 Å². The SMILES string of the molecule is CC(=O)O[C@@H]1[C@H]2C(C)=C3C[C@@H](C(C)C)C(=O)CC(C)C31[C@@H]1C(=O)C(C)=C3C=C4C(C)(C)OOC4(O)C[C@H](C)C321. The molecule has 7 nitrogen and oxygen atoms in total. The minimum atomic E-state index is -1.62. The second-order valence-corrected chi connectivity index (χ2v) is 14.1. The van der Waals surface area contributed by atoms with Crippen LogP contribution in [0.3, 0.4) is 0 Å². The molecule has 4 unspecified atom stereocenters. The molecule has 5 aliphatic carbocycles. The van der Waals surface area contributed by atoms with E-state index in [1.807, 2.05) is 26.8 Å². The summed E-state index contributed by atoms with van der Waals surface area (Å²) in [6, 6.07) is 0. The van der Waals surface area contributed by atoms with E-state index in [4.69, 9.17) is 14.5 Å². The van der Waals surface area contributed by atoms with E-state index < -0.39 is 34.2 Å². The highest BCUT2D eigenvalue weighted by atomic mass is 17.2. The van der Waals surface area contributed by atoms with Crippen molar-refractivity contribution in [3.63, 3.8) is 0 Å². The molecule has 1 aliphatic heterocycles. The number of hydrogen-bond acceptors (Lipinski definition) is 7. The van der Waals surface area contributed by atoms with Crippen molar-refractivity contribution in [2.75, 3.05) is 0 Å². The Labute approximate surface area is 230 Å². The molecule has 9 atom stereocenters. The average Bonchev–Trinajstić information content (AvgIpc) is 3.32. The molecule has 2 spiro atoms. The van der Waals surface area contributed by atoms with Gasteiger partial charge in [-0.15, -0.1) is 0 Å². The average molecular weight is 539 g/mol. The van der Waals surface area contributed by atoms with Crippen molar-refractivity contribution < 1.29 is 34.0 Å². The van der Waals surface area contributed by atoms with Gasteiger partial charge in [0, 0.05) is 53.9 Å². The zero-order valence-corrected chi connectivity index (χ0v) is 24.6. The molecule has 39 heavy (non-hydrogen) atoms. The molecule has 7 heteroatoms. The third kappa shape index (κ3) is 2.97. The Balaban J connectivity index is 1.67. The number of rotatable bonds is 2. The van der Waals surface area contributed by atoms with Crippen molar-refractivity contribution in [3.05, 3.63) is 33.9 Å². The first kappa shape index (κ1) is 27.1. The summed E-state index contributed by atoms with van der Waals surface area (Å²) in [6.07, 6.45) is 2.60. The van der Waals surface area contributed by atoms with Gasteiger partial charge in [0.1, 0.15) is 17.5 Å². The summed E-state index contributed by atoms with van der Waals surface area (Å²) in [4.78, 5) is 52.1. The lowest BCUT2D eigenvalue weighted by Gasteiger charge is -2.50. The first-order valence-corrected chi connectivity index (χ1v) is 14.5. The van der Waals surface area contributed by atoms with Gasteiger partial charge in [-0.1, -0.05) is 44.9 Å². The van der Waals surface area contributed by atoms with Gasteiger partial charge in [-0.3, -0.25) is 14.4 Å². The van der Waals surface area contributed by atoms with Crippen LogP contribution in [0, 0.1) is 46.3 Å². The molecule has 0 amide bonds. The Morgan fingerprint density at radius 3 is 2.36 bits per heavy atom. The predicted molar refractivity (Wildman–Crippen MR) is 143 cm³/mol. The minimum absolute atomic E-state index is 0.0729. The normalized spacial score (nSPS) is 46.1. The Morgan fingerprint density at radius 1 is 1.08 bits per heavy atom. The molecule has 0 radical (unpaired) electrons. The van der Waals surface area contributed by atoms with Crippen molar-refractivity contribution >= 4 is 17.5 Å². The molecule has 6 aliphatic rings. The lowest BCUT2D eigenvalue weighted by molar-refractivity contribution is -0.392. The van der Waals surface area contributed by atoms with Gasteiger partial charge in [0.2, 0.25) is 5.79 Å². The molecule has 212 valence electrons. The van der Waals surface area contributed by atoms with Crippen molar-refractivity contribution in [1.82, 2.24) is 0 Å². The Morgan fingerprint density at radius 2 is 1.74 bits per heavy atom. The van der Waals surface area contributed by atoms with Crippen molar-refractivity contribution in [2.45, 2.75) is 99.1 Å². The van der Waals surface area contributed by atoms with E-state index >= 15 is 0 Å². The van der Waals surface area contributed by atoms with E-state index in [1.165, 1.54) is 6.92 Å². The Hall–Kier alpha value is -2.09. The molecule has 0 aromatic carbocycles. The number of hydrogen-bond donors (Lipinski definition) is 1. The van der Waals surface area contributed by atoms with E-state index in [1.54, 1.807) is 0 Å². The molecular weight excluding hydrogens is 496 g/mol. The molecule has 1 heterocycles. The maximum atomic E-state index is 14.6. The summed E-state index contributed by atoms with van der Waals surface area (Å²) in [5.74, 6) is -2.77. The standard InChI is InChI=1S/C32H42O7/c1-14(2)20-11-21-17(5)25-28(37-19(7)33)32(21,15(3)10-23(20)34)27-26(35)18(6)22-12-24-29(8,9)38-39-30(24,36)13-16(4)31(22,25)27/h12,14-16,20,25,27-28,36H,10-11,13H2,1-9H3/t15?,16-,20-,25+,27+,28+,30?,31?,32?/m0/s1. The van der Waals surface area contributed by atoms with Crippen LogP contribution in [0.1, 0.15) is 81.6 Å². The molecule has 1 N–H and O–H groups in total. The fraction of sp³-hybridized carbons (Fsp3) is 0.719. The summed E-state index contributed by atoms with van der Waals surface area (Å²) in [7, 11) is 0. The predicted octanol–water partition coefficient (Wildman–Crippen LogP) is 5.03. The first-order chi connectivity index (χ1) is 18.1. The van der Waals surface area contributed by atoms with Gasteiger partial charge in [-0.25, -0.2) is 4.89 Å². The number of aliphatic hydroxyl groups is 1. The number of carbonyl (C=O) groups excluding carboxylic acids is 3. The Bertz CT molecular complexity index is 1300. The number of ketones is 2. The van der Waals surface area contributed by atoms with Crippen LogP contribution >= 0.6 is 0 Å². The molecular formula is C32H42O7. The van der Waals surface area contributed by atoms with E-state index in [-0.39, 0.29) is 53.5 Å². The highest BCUT2D eigenvalue weighted by molar-refractivity contribution is 6.05. The van der Waals surface area contributed by atoms with Gasteiger partial charge in [0.25, 0.3) is 0 Å². The maximum absolute atomic E-state index is 14.6. The number of Topliss-reactive ketones (excluding diaryl/α,β-unsaturated/α-hetero) is 2. The van der Waals surface area contributed by atoms with Crippen molar-refractivity contribution in [3.8, 4) is 0 Å². The zero-order chi connectivity index (χ0) is 28.6. The topological polar surface area (TPSA) is 99.1 Å². The van der Waals surface area contributed by atoms with Gasteiger partial charge >= 0.3 is 5.97 Å². The smallest absolute Gasteiger partial charge is 0.302 e. The van der Waals surface area contributed by atoms with Gasteiger partial charge in [-0.05, 0) is 63.0 Å². The molecule has 0 aromatic rings. The van der Waals surface area contributed by atoms with E-state index in [2.05, 4.69) is 34.6 Å². The summed E-state index contributed by atoms with van der Waals surface area (Å²) in [5, 5.41) is 11.8. The third-order valence-electron chi connectivity index (χ3n) is 11.6. The Kier molecular flexibility index (Phi) is 5.57. The van der Waals surface area contributed by atoms with Crippen LogP contribution in [0.15, 0.2) is 33.9 Å². The fourth-order valence-corrected chi connectivity index (χ4v) is 10.2. The highest BCUT2D eigenvalue weighted by Gasteiger charge is 2.82. The zero-order valence-electron chi connectivity index (χ0n) is 24.6. The van der Waals surface area contributed by atoms with E-state index in [0.29, 0.717) is 24.0 Å². The van der Waals surface area contributed by atoms with Crippen LogP contribution in [0.4, 0.5) is 0 Å². The summed E-state index contributed by atoms with van der Waals surface area (Å²) >= 11 is 0. The highest BCUT2D eigenvalue weighted by Crippen LogP contribution is 2.80. The number of carbonyl (C=O) groups is 3. The maximum Gasteiger partial charge on any atom is 0.302 e. The monoisotopic (exact) mass is 538 g/mol. The van der Waals surface area contributed by atoms with Crippen LogP contribution in [-0.2, 0) is 28.9 Å². The van der Waals surface area contributed by atoms with Crippen LogP contribution in [0.2, 0.25) is 0 Å². The van der Waals surface area contributed by atoms with Gasteiger partial charge in [0.05, 0.1) is 0 Å². The quantitative estimate of drug-likeness (QED) is 0.299. The van der Waals surface area contributed by atoms with E-state index in [9.17, 15) is 19.5 Å². The lowest BCUT2D eigenvalue weighted by Crippen LogP contribution is -2.50. The summed E-state index contributed by atoms with van der Waals surface area (Å²) in [6.45, 7) is 17.5. The molecule has 2 bridgehead atoms. The summed E-state index contributed by atoms with van der Waals surface area (Å²) in [5.41, 5.74) is 2.15. The lowest BCUT2D eigenvalue weighted by atomic mass is 9.51. The van der Waals surface area contributed by atoms with Gasteiger partial charge in [0.15, 0.2) is 5.78 Å². The first-order valence-electron chi connectivity index (χ1n) is 14.5. The van der Waals surface area contributed by atoms with Crippen molar-refractivity contribution in [1.29, 1.82) is 0 Å². The molecule has 1 saturated heterocycles. The molecule has 0 aromatic heterocycles. The number of ether oxygens (including phenoxy) is 1. The second-order valence-electron chi connectivity index (χ2n) is 14.1. The van der Waals surface area contributed by atoms with Crippen LogP contribution in [0.5, 0.6) is 0 Å². The minimum Gasteiger partial charge on any atom is -0.461 e. The summed E-state index contributed by atoms with van der Waals surface area (Å²) < 4.78 is 6.29. The number of esters is 1. The van der Waals surface area contributed by atoms with Crippen molar-refractivity contribution in [2.24, 2.45) is 46.3 Å². The van der Waals surface area contributed by atoms with E-state index in [0.717, 1.165) is 16.7 Å². The number of allylic oxidation sites excluding steroid dienone is 3.